The standard InChI is InChI=1S/C17H19ClN2O3S/c1-9(21)19-20-16(22)15-11(8-17(20,2)3)5-10-6-12(18)13(23-4)7-14(10)24-15/h6-7H,5,8H2,1-4H3,(H,19,21). The molecule has 2 heterocycles. The van der Waals surface area contributed by atoms with Gasteiger partial charge in [0.25, 0.3) is 5.91 Å². The lowest BCUT2D eigenvalue weighted by Crippen LogP contribution is -2.59. The van der Waals surface area contributed by atoms with Crippen LogP contribution in [0.4, 0.5) is 0 Å². The van der Waals surface area contributed by atoms with Crippen LogP contribution in [0, 0.1) is 0 Å². The van der Waals surface area contributed by atoms with Gasteiger partial charge in [0.15, 0.2) is 0 Å². The minimum absolute atomic E-state index is 0.166. The smallest absolute Gasteiger partial charge is 0.279 e. The molecule has 1 aromatic carbocycles. The molecule has 1 aromatic rings. The number of carbonyl (C=O) groups is 2. The molecule has 128 valence electrons. The van der Waals surface area contributed by atoms with Crippen molar-refractivity contribution in [3.8, 4) is 5.75 Å². The number of nitrogens with one attached hydrogen (secondary N) is 1. The lowest BCUT2D eigenvalue weighted by atomic mass is 9.86. The molecule has 0 unspecified atom stereocenters. The maximum atomic E-state index is 12.9. The molecule has 0 saturated carbocycles. The first kappa shape index (κ1) is 17.2. The van der Waals surface area contributed by atoms with E-state index in [0.29, 0.717) is 28.5 Å². The fraction of sp³-hybridized carbons (Fsp3) is 0.412. The van der Waals surface area contributed by atoms with Gasteiger partial charge < -0.3 is 4.74 Å². The van der Waals surface area contributed by atoms with Gasteiger partial charge in [0.05, 0.1) is 22.6 Å². The number of hydrogen-bond donors (Lipinski definition) is 1. The van der Waals surface area contributed by atoms with Gasteiger partial charge in [-0.05, 0) is 50.0 Å². The normalized spacial score (nSPS) is 18.9. The predicted molar refractivity (Wildman–Crippen MR) is 93.9 cm³/mol. The first-order valence-electron chi connectivity index (χ1n) is 7.61. The van der Waals surface area contributed by atoms with Crippen LogP contribution in [-0.2, 0) is 16.0 Å². The number of carbonyl (C=O) groups excluding carboxylic acids is 2. The Hall–Kier alpha value is -1.66. The lowest BCUT2D eigenvalue weighted by Gasteiger charge is -2.44. The number of nitrogens with zero attached hydrogens (tertiary/aromatic N) is 1. The summed E-state index contributed by atoms with van der Waals surface area (Å²) in [5.41, 5.74) is 4.37. The summed E-state index contributed by atoms with van der Waals surface area (Å²) in [5.74, 6) is 0.172. The van der Waals surface area contributed by atoms with Crippen molar-refractivity contribution >= 4 is 35.2 Å². The molecule has 0 radical (unpaired) electrons. The van der Waals surface area contributed by atoms with Crippen molar-refractivity contribution < 1.29 is 14.3 Å². The SMILES string of the molecule is COc1cc2c(cc1Cl)CC1=C(S2)C(=O)N(NC(C)=O)C(C)(C)C1. The van der Waals surface area contributed by atoms with E-state index in [4.69, 9.17) is 16.3 Å². The molecule has 0 atom stereocenters. The zero-order valence-electron chi connectivity index (χ0n) is 14.0. The molecule has 0 fully saturated rings. The number of thioether (sulfide) groups is 1. The molecule has 0 saturated heterocycles. The highest BCUT2D eigenvalue weighted by Gasteiger charge is 2.42. The largest absolute Gasteiger partial charge is 0.495 e. The molecular formula is C17H19ClN2O3S. The Labute approximate surface area is 150 Å². The third-order valence-corrected chi connectivity index (χ3v) is 5.75. The number of fused-ring (bicyclic) bond motifs is 1. The minimum atomic E-state index is -0.476. The van der Waals surface area contributed by atoms with Crippen LogP contribution >= 0.6 is 23.4 Å². The van der Waals surface area contributed by atoms with E-state index < -0.39 is 5.54 Å². The Bertz CT molecular complexity index is 773. The highest BCUT2D eigenvalue weighted by atomic mass is 35.5. The minimum Gasteiger partial charge on any atom is -0.495 e. The van der Waals surface area contributed by atoms with Crippen molar-refractivity contribution in [1.29, 1.82) is 0 Å². The summed E-state index contributed by atoms with van der Waals surface area (Å²) in [5, 5.41) is 2.02. The number of amides is 2. The van der Waals surface area contributed by atoms with Crippen LogP contribution in [-0.4, -0.2) is 29.5 Å². The Balaban J connectivity index is 1.99. The van der Waals surface area contributed by atoms with Crippen LogP contribution in [0.5, 0.6) is 5.75 Å². The molecule has 0 aliphatic carbocycles. The number of ether oxygens (including phenoxy) is 1. The first-order chi connectivity index (χ1) is 11.2. The maximum Gasteiger partial charge on any atom is 0.279 e. The van der Waals surface area contributed by atoms with Gasteiger partial charge in [-0.1, -0.05) is 23.4 Å². The molecule has 24 heavy (non-hydrogen) atoms. The van der Waals surface area contributed by atoms with Crippen LogP contribution in [0.1, 0.15) is 32.8 Å². The van der Waals surface area contributed by atoms with E-state index in [9.17, 15) is 9.59 Å². The second kappa shape index (κ2) is 6.01. The Morgan fingerprint density at radius 3 is 2.75 bits per heavy atom. The Morgan fingerprint density at radius 2 is 2.12 bits per heavy atom. The van der Waals surface area contributed by atoms with Gasteiger partial charge in [-0.3, -0.25) is 15.0 Å². The average Bonchev–Trinajstić information content (AvgIpc) is 2.49. The van der Waals surface area contributed by atoms with E-state index in [1.165, 1.54) is 23.7 Å². The van der Waals surface area contributed by atoms with Gasteiger partial charge >= 0.3 is 0 Å². The molecule has 2 aliphatic heterocycles. The maximum absolute atomic E-state index is 12.9. The lowest BCUT2D eigenvalue weighted by molar-refractivity contribution is -0.144. The molecule has 0 aromatic heterocycles. The van der Waals surface area contributed by atoms with E-state index in [2.05, 4.69) is 5.43 Å². The van der Waals surface area contributed by atoms with Crippen molar-refractivity contribution in [3.05, 3.63) is 33.2 Å². The fourth-order valence-electron chi connectivity index (χ4n) is 3.13. The van der Waals surface area contributed by atoms with Gasteiger partial charge in [-0.15, -0.1) is 0 Å². The van der Waals surface area contributed by atoms with Crippen molar-refractivity contribution in [2.24, 2.45) is 0 Å². The summed E-state index contributed by atoms with van der Waals surface area (Å²) in [6.45, 7) is 5.31. The number of rotatable bonds is 2. The first-order valence-corrected chi connectivity index (χ1v) is 8.80. The molecule has 1 N–H and O–H groups in total. The summed E-state index contributed by atoms with van der Waals surface area (Å²) in [7, 11) is 1.57. The van der Waals surface area contributed by atoms with Crippen LogP contribution in [0.15, 0.2) is 27.5 Å². The van der Waals surface area contributed by atoms with Gasteiger partial charge in [0.2, 0.25) is 5.91 Å². The van der Waals surface area contributed by atoms with Gasteiger partial charge in [-0.2, -0.15) is 0 Å². The van der Waals surface area contributed by atoms with E-state index in [1.807, 2.05) is 26.0 Å². The number of hydrazine groups is 1. The van der Waals surface area contributed by atoms with E-state index >= 15 is 0 Å². The molecule has 3 rings (SSSR count). The van der Waals surface area contributed by atoms with Crippen LogP contribution < -0.4 is 10.2 Å². The zero-order chi connectivity index (χ0) is 17.6. The molecule has 0 spiro atoms. The summed E-state index contributed by atoms with van der Waals surface area (Å²) < 4.78 is 5.27. The molecular weight excluding hydrogens is 348 g/mol. The molecule has 0 bridgehead atoms. The summed E-state index contributed by atoms with van der Waals surface area (Å²) >= 11 is 7.65. The molecule has 2 amide bonds. The fourth-order valence-corrected chi connectivity index (χ4v) is 4.51. The summed E-state index contributed by atoms with van der Waals surface area (Å²) in [4.78, 5) is 26.0. The van der Waals surface area contributed by atoms with Gasteiger partial charge in [0, 0.05) is 11.8 Å². The van der Waals surface area contributed by atoms with Crippen molar-refractivity contribution in [1.82, 2.24) is 10.4 Å². The third kappa shape index (κ3) is 2.89. The number of benzene rings is 1. The quantitative estimate of drug-likeness (QED) is 0.872. The topological polar surface area (TPSA) is 58.6 Å². The number of halogens is 1. The number of methoxy groups -OCH3 is 1. The van der Waals surface area contributed by atoms with Gasteiger partial charge in [0.1, 0.15) is 5.75 Å². The van der Waals surface area contributed by atoms with Crippen molar-refractivity contribution in [2.75, 3.05) is 7.11 Å². The van der Waals surface area contributed by atoms with E-state index in [1.54, 1.807) is 7.11 Å². The van der Waals surface area contributed by atoms with E-state index in [0.717, 1.165) is 16.0 Å². The van der Waals surface area contributed by atoms with Crippen LogP contribution in [0.2, 0.25) is 5.02 Å². The Morgan fingerprint density at radius 1 is 1.42 bits per heavy atom. The average molecular weight is 367 g/mol. The van der Waals surface area contributed by atoms with E-state index in [-0.39, 0.29) is 11.8 Å². The molecule has 5 nitrogen and oxygen atoms in total. The van der Waals surface area contributed by atoms with Gasteiger partial charge in [-0.25, -0.2) is 5.01 Å². The third-order valence-electron chi connectivity index (χ3n) is 4.19. The summed E-state index contributed by atoms with van der Waals surface area (Å²) in [6.07, 6.45) is 1.38. The summed E-state index contributed by atoms with van der Waals surface area (Å²) in [6, 6.07) is 3.77. The Kier molecular flexibility index (Phi) is 4.30. The highest BCUT2D eigenvalue weighted by molar-refractivity contribution is 8.04. The predicted octanol–water partition coefficient (Wildman–Crippen LogP) is 3.31. The second-order valence-corrected chi connectivity index (χ2v) is 8.06. The monoisotopic (exact) mass is 366 g/mol. The highest BCUT2D eigenvalue weighted by Crippen LogP contribution is 2.47. The zero-order valence-corrected chi connectivity index (χ0v) is 15.6. The van der Waals surface area contributed by atoms with Crippen LogP contribution in [0.3, 0.4) is 0 Å². The number of hydrogen-bond acceptors (Lipinski definition) is 4. The van der Waals surface area contributed by atoms with Crippen molar-refractivity contribution in [3.63, 3.8) is 0 Å². The van der Waals surface area contributed by atoms with Crippen LogP contribution in [0.25, 0.3) is 0 Å². The molecule has 7 heteroatoms. The van der Waals surface area contributed by atoms with Crippen molar-refractivity contribution in [2.45, 2.75) is 44.0 Å². The second-order valence-electron chi connectivity index (χ2n) is 6.60. The molecule has 2 aliphatic rings.